The molecular weight excluding hydrogens is 346 g/mol. The molecule has 1 aromatic carbocycles. The molecule has 1 aromatic heterocycles. The lowest BCUT2D eigenvalue weighted by atomic mass is 10.0. The number of nitrogens with zero attached hydrogens (tertiary/aromatic N) is 5. The van der Waals surface area contributed by atoms with Crippen molar-refractivity contribution >= 4 is 0 Å². The standard InChI is InChI=1S/C23H33N5/c1-2-23-24-16-21(17-25-23)19-26-10-8-22(9-11-26)28-14-12-27(13-15-28)18-20-6-4-3-5-7-20/h3-7,16-17,22H,2,8-15,18-19H2,1H3. The number of hydrogen-bond donors (Lipinski definition) is 0. The second-order valence-corrected chi connectivity index (χ2v) is 8.17. The Bertz CT molecular complexity index is 702. The van der Waals surface area contributed by atoms with E-state index in [9.17, 15) is 0 Å². The zero-order valence-electron chi connectivity index (χ0n) is 17.1. The SMILES string of the molecule is CCc1ncc(CN2CCC(N3CCN(Cc4ccccc4)CC3)CC2)cn1. The lowest BCUT2D eigenvalue weighted by molar-refractivity contribution is 0.0549. The number of piperazine rings is 1. The van der Waals surface area contributed by atoms with Crippen LogP contribution < -0.4 is 0 Å². The molecule has 2 saturated heterocycles. The predicted octanol–water partition coefficient (Wildman–Crippen LogP) is 2.82. The number of hydrogen-bond acceptors (Lipinski definition) is 5. The highest BCUT2D eigenvalue weighted by Gasteiger charge is 2.27. The molecule has 28 heavy (non-hydrogen) atoms. The van der Waals surface area contributed by atoms with Crippen LogP contribution in [0, 0.1) is 0 Å². The van der Waals surface area contributed by atoms with Crippen LogP contribution in [0.3, 0.4) is 0 Å². The van der Waals surface area contributed by atoms with Crippen LogP contribution in [0.5, 0.6) is 0 Å². The van der Waals surface area contributed by atoms with Gasteiger partial charge in [-0.1, -0.05) is 37.3 Å². The summed E-state index contributed by atoms with van der Waals surface area (Å²) in [4.78, 5) is 16.8. The first-order valence-corrected chi connectivity index (χ1v) is 10.8. The van der Waals surface area contributed by atoms with E-state index in [1.807, 2.05) is 12.4 Å². The van der Waals surface area contributed by atoms with Crippen molar-refractivity contribution in [2.75, 3.05) is 39.3 Å². The quantitative estimate of drug-likeness (QED) is 0.771. The second-order valence-electron chi connectivity index (χ2n) is 8.17. The molecule has 4 rings (SSSR count). The van der Waals surface area contributed by atoms with E-state index in [0.717, 1.165) is 31.4 Å². The molecule has 2 aliphatic heterocycles. The maximum absolute atomic E-state index is 4.44. The first-order chi connectivity index (χ1) is 13.8. The first kappa shape index (κ1) is 19.5. The molecule has 150 valence electrons. The van der Waals surface area contributed by atoms with Crippen LogP contribution in [0.1, 0.15) is 36.7 Å². The molecule has 0 aliphatic carbocycles. The maximum Gasteiger partial charge on any atom is 0.127 e. The minimum absolute atomic E-state index is 0.758. The molecule has 3 heterocycles. The monoisotopic (exact) mass is 379 g/mol. The Morgan fingerprint density at radius 2 is 1.39 bits per heavy atom. The van der Waals surface area contributed by atoms with E-state index < -0.39 is 0 Å². The molecule has 0 N–H and O–H groups in total. The van der Waals surface area contributed by atoms with Gasteiger partial charge in [-0.2, -0.15) is 0 Å². The topological polar surface area (TPSA) is 35.5 Å². The average Bonchev–Trinajstić information content (AvgIpc) is 2.76. The summed E-state index contributed by atoms with van der Waals surface area (Å²) in [5, 5.41) is 0. The van der Waals surface area contributed by atoms with Crippen molar-refractivity contribution in [1.29, 1.82) is 0 Å². The van der Waals surface area contributed by atoms with Gasteiger partial charge < -0.3 is 0 Å². The molecule has 0 atom stereocenters. The van der Waals surface area contributed by atoms with Crippen molar-refractivity contribution in [3.05, 3.63) is 59.7 Å². The van der Waals surface area contributed by atoms with Crippen LogP contribution in [0.25, 0.3) is 0 Å². The third-order valence-electron chi connectivity index (χ3n) is 6.21. The molecule has 0 spiro atoms. The molecule has 5 heteroatoms. The van der Waals surface area contributed by atoms with Gasteiger partial charge in [-0.3, -0.25) is 14.7 Å². The Morgan fingerprint density at radius 1 is 0.786 bits per heavy atom. The van der Waals surface area contributed by atoms with Crippen LogP contribution >= 0.6 is 0 Å². The van der Waals surface area contributed by atoms with Gasteiger partial charge in [0.1, 0.15) is 5.82 Å². The zero-order valence-corrected chi connectivity index (χ0v) is 17.1. The second kappa shape index (κ2) is 9.59. The van der Waals surface area contributed by atoms with E-state index in [0.29, 0.717) is 0 Å². The van der Waals surface area contributed by atoms with Gasteiger partial charge in [0.15, 0.2) is 0 Å². The van der Waals surface area contributed by atoms with Crippen LogP contribution in [0.15, 0.2) is 42.7 Å². The minimum Gasteiger partial charge on any atom is -0.299 e. The van der Waals surface area contributed by atoms with Gasteiger partial charge >= 0.3 is 0 Å². The summed E-state index contributed by atoms with van der Waals surface area (Å²) < 4.78 is 0. The fraction of sp³-hybridized carbons (Fsp3) is 0.565. The van der Waals surface area contributed by atoms with Crippen LogP contribution in [0.2, 0.25) is 0 Å². The van der Waals surface area contributed by atoms with Crippen molar-refractivity contribution < 1.29 is 0 Å². The summed E-state index contributed by atoms with van der Waals surface area (Å²) in [5.41, 5.74) is 2.67. The summed E-state index contributed by atoms with van der Waals surface area (Å²) in [7, 11) is 0. The van der Waals surface area contributed by atoms with Crippen LogP contribution in [0.4, 0.5) is 0 Å². The molecule has 2 fully saturated rings. The highest BCUT2D eigenvalue weighted by atomic mass is 15.3. The van der Waals surface area contributed by atoms with Crippen molar-refractivity contribution in [2.24, 2.45) is 0 Å². The molecule has 0 saturated carbocycles. The van der Waals surface area contributed by atoms with Gasteiger partial charge in [0.05, 0.1) is 0 Å². The minimum atomic E-state index is 0.758. The highest BCUT2D eigenvalue weighted by molar-refractivity contribution is 5.14. The molecule has 0 amide bonds. The molecule has 0 radical (unpaired) electrons. The third-order valence-corrected chi connectivity index (χ3v) is 6.21. The van der Waals surface area contributed by atoms with E-state index in [1.54, 1.807) is 0 Å². The summed E-state index contributed by atoms with van der Waals surface area (Å²) in [6.45, 7) is 11.4. The highest BCUT2D eigenvalue weighted by Crippen LogP contribution is 2.20. The zero-order chi connectivity index (χ0) is 19.2. The first-order valence-electron chi connectivity index (χ1n) is 10.8. The number of aryl methyl sites for hydroxylation is 1. The van der Waals surface area contributed by atoms with E-state index in [4.69, 9.17) is 0 Å². The number of rotatable bonds is 6. The Kier molecular flexibility index (Phi) is 6.68. The van der Waals surface area contributed by atoms with Gasteiger partial charge in [0.2, 0.25) is 0 Å². The Balaban J connectivity index is 1.19. The lowest BCUT2D eigenvalue weighted by Crippen LogP contribution is -2.52. The van der Waals surface area contributed by atoms with Gasteiger partial charge in [-0.15, -0.1) is 0 Å². The van der Waals surface area contributed by atoms with E-state index in [-0.39, 0.29) is 0 Å². The predicted molar refractivity (Wildman–Crippen MR) is 113 cm³/mol. The normalized spacial score (nSPS) is 20.5. The Morgan fingerprint density at radius 3 is 2.04 bits per heavy atom. The van der Waals surface area contributed by atoms with Crippen molar-refractivity contribution in [2.45, 2.75) is 45.3 Å². The number of aromatic nitrogens is 2. The molecule has 2 aromatic rings. The van der Waals surface area contributed by atoms with E-state index in [1.165, 1.54) is 63.2 Å². The van der Waals surface area contributed by atoms with Crippen molar-refractivity contribution in [1.82, 2.24) is 24.7 Å². The summed E-state index contributed by atoms with van der Waals surface area (Å²) in [6, 6.07) is 11.6. The van der Waals surface area contributed by atoms with Crippen molar-refractivity contribution in [3.63, 3.8) is 0 Å². The summed E-state index contributed by atoms with van der Waals surface area (Å²) >= 11 is 0. The van der Waals surface area contributed by atoms with Crippen LogP contribution in [-0.4, -0.2) is 70.0 Å². The summed E-state index contributed by atoms with van der Waals surface area (Å²) in [5.74, 6) is 0.939. The fourth-order valence-corrected chi connectivity index (χ4v) is 4.47. The smallest absolute Gasteiger partial charge is 0.127 e. The largest absolute Gasteiger partial charge is 0.299 e. The van der Waals surface area contributed by atoms with Gasteiger partial charge in [-0.25, -0.2) is 9.97 Å². The fourth-order valence-electron chi connectivity index (χ4n) is 4.47. The lowest BCUT2D eigenvalue weighted by Gasteiger charge is -2.42. The van der Waals surface area contributed by atoms with Gasteiger partial charge in [0.25, 0.3) is 0 Å². The molecule has 2 aliphatic rings. The number of piperidine rings is 1. The van der Waals surface area contributed by atoms with E-state index >= 15 is 0 Å². The van der Waals surface area contributed by atoms with E-state index in [2.05, 4.69) is 61.9 Å². The number of likely N-dealkylation sites (tertiary alicyclic amines) is 1. The molecule has 5 nitrogen and oxygen atoms in total. The van der Waals surface area contributed by atoms with Crippen LogP contribution in [-0.2, 0) is 19.5 Å². The van der Waals surface area contributed by atoms with Crippen molar-refractivity contribution in [3.8, 4) is 0 Å². The Hall–Kier alpha value is -1.82. The number of benzene rings is 1. The Labute approximate surface area is 169 Å². The average molecular weight is 380 g/mol. The molecular formula is C23H33N5. The maximum atomic E-state index is 4.44. The molecule has 0 bridgehead atoms. The van der Waals surface area contributed by atoms with Gasteiger partial charge in [0, 0.05) is 69.7 Å². The third kappa shape index (κ3) is 5.16. The molecule has 0 unspecified atom stereocenters. The van der Waals surface area contributed by atoms with Gasteiger partial charge in [-0.05, 0) is 31.5 Å². The summed E-state index contributed by atoms with van der Waals surface area (Å²) in [6.07, 6.45) is 7.48.